The van der Waals surface area contributed by atoms with E-state index in [1.807, 2.05) is 43.1 Å². The first-order valence-electron chi connectivity index (χ1n) is 10.3. The van der Waals surface area contributed by atoms with Gasteiger partial charge in [-0.05, 0) is 43.8 Å². The van der Waals surface area contributed by atoms with Crippen LogP contribution in [0.4, 0.5) is 5.69 Å². The number of nitrogens with zero attached hydrogens (tertiary/aromatic N) is 3. The fourth-order valence-corrected chi connectivity index (χ4v) is 6.02. The zero-order chi connectivity index (χ0) is 22.7. The summed E-state index contributed by atoms with van der Waals surface area (Å²) in [5.41, 5.74) is 2.25. The highest BCUT2D eigenvalue weighted by Crippen LogP contribution is 2.24. The molecule has 0 radical (unpaired) electrons. The smallest absolute Gasteiger partial charge is 0.243 e. The topological polar surface area (TPSA) is 91.8 Å². The molecule has 1 aliphatic heterocycles. The molecule has 2 aromatic carbocycles. The Labute approximate surface area is 191 Å². The van der Waals surface area contributed by atoms with Gasteiger partial charge in [-0.25, -0.2) is 13.4 Å². The molecule has 3 aromatic rings. The number of hydrogen-bond donors (Lipinski definition) is 1. The number of amides is 1. The Morgan fingerprint density at radius 2 is 1.97 bits per heavy atom. The minimum absolute atomic E-state index is 0.163. The van der Waals surface area contributed by atoms with E-state index in [-0.39, 0.29) is 17.3 Å². The summed E-state index contributed by atoms with van der Waals surface area (Å²) in [5, 5.41) is 3.80. The average molecular weight is 475 g/mol. The summed E-state index contributed by atoms with van der Waals surface area (Å²) in [4.78, 5) is 19.3. The molecule has 1 fully saturated rings. The van der Waals surface area contributed by atoms with E-state index < -0.39 is 10.0 Å². The number of hydrogen-bond acceptors (Lipinski definition) is 7. The zero-order valence-corrected chi connectivity index (χ0v) is 19.7. The van der Waals surface area contributed by atoms with Crippen molar-refractivity contribution >= 4 is 43.2 Å². The molecule has 1 saturated heterocycles. The van der Waals surface area contributed by atoms with Crippen molar-refractivity contribution in [3.63, 3.8) is 0 Å². The largest absolute Gasteiger partial charge is 0.379 e. The summed E-state index contributed by atoms with van der Waals surface area (Å²) in [6, 6.07) is 12.8. The maximum atomic E-state index is 12.9. The second-order valence-electron chi connectivity index (χ2n) is 7.79. The first-order chi connectivity index (χ1) is 15.3. The van der Waals surface area contributed by atoms with Crippen molar-refractivity contribution in [2.75, 3.05) is 45.2 Å². The van der Waals surface area contributed by atoms with Crippen LogP contribution < -0.4 is 5.32 Å². The van der Waals surface area contributed by atoms with Gasteiger partial charge >= 0.3 is 0 Å². The second kappa shape index (κ2) is 9.63. The summed E-state index contributed by atoms with van der Waals surface area (Å²) in [7, 11) is -1.77. The molecule has 4 rings (SSSR count). The van der Waals surface area contributed by atoms with Gasteiger partial charge in [-0.15, -0.1) is 11.3 Å². The molecule has 10 heteroatoms. The van der Waals surface area contributed by atoms with Gasteiger partial charge in [-0.3, -0.25) is 9.69 Å². The van der Waals surface area contributed by atoms with Gasteiger partial charge < -0.3 is 10.1 Å². The van der Waals surface area contributed by atoms with Crippen molar-refractivity contribution in [1.82, 2.24) is 14.2 Å². The van der Waals surface area contributed by atoms with Crippen LogP contribution in [0.5, 0.6) is 0 Å². The number of likely N-dealkylation sites (N-methyl/N-ethyl adjacent to an activating group) is 1. The van der Waals surface area contributed by atoms with Gasteiger partial charge in [0.25, 0.3) is 0 Å². The number of nitrogens with one attached hydrogen (secondary N) is 1. The summed E-state index contributed by atoms with van der Waals surface area (Å²) in [5.74, 6) is -0.211. The lowest BCUT2D eigenvalue weighted by molar-refractivity contribution is -0.117. The number of morpholine rings is 1. The molecule has 0 spiro atoms. The molecule has 0 unspecified atom stereocenters. The highest BCUT2D eigenvalue weighted by atomic mass is 32.2. The maximum Gasteiger partial charge on any atom is 0.243 e. The molecular weight excluding hydrogens is 448 g/mol. The van der Waals surface area contributed by atoms with Gasteiger partial charge in [0.05, 0.1) is 41.4 Å². The lowest BCUT2D eigenvalue weighted by Crippen LogP contribution is -2.40. The molecular formula is C22H26N4O4S2. The lowest BCUT2D eigenvalue weighted by atomic mass is 10.2. The Kier molecular flexibility index (Phi) is 6.87. The first kappa shape index (κ1) is 22.8. The standard InChI is InChI=1S/C22H26N4O4S2/c1-16-7-8-17(32(28,29)26-9-11-30-12-10-26)13-19(16)23-21(27)14-25(2)15-22-24-18-5-3-4-6-20(18)31-22/h3-8,13H,9-12,14-15H2,1-2H3,(H,23,27). The minimum Gasteiger partial charge on any atom is -0.379 e. The number of rotatable bonds is 7. The Hall–Kier alpha value is -2.37. The monoisotopic (exact) mass is 474 g/mol. The number of carbonyl (C=O) groups excluding carboxylic acids is 1. The van der Waals surface area contributed by atoms with Crippen LogP contribution >= 0.6 is 11.3 Å². The number of carbonyl (C=O) groups is 1. The number of benzene rings is 2. The molecule has 32 heavy (non-hydrogen) atoms. The molecule has 2 heterocycles. The number of anilines is 1. The van der Waals surface area contributed by atoms with E-state index in [0.29, 0.717) is 38.5 Å². The number of thiazole rings is 1. The van der Waals surface area contributed by atoms with Crippen LogP contribution in [0, 0.1) is 6.92 Å². The maximum absolute atomic E-state index is 12.9. The van der Waals surface area contributed by atoms with E-state index in [2.05, 4.69) is 10.3 Å². The molecule has 1 amide bonds. The highest BCUT2D eigenvalue weighted by molar-refractivity contribution is 7.89. The number of ether oxygens (including phenoxy) is 1. The van der Waals surface area contributed by atoms with Crippen LogP contribution in [-0.2, 0) is 26.1 Å². The molecule has 1 aromatic heterocycles. The van der Waals surface area contributed by atoms with Gasteiger partial charge in [0.1, 0.15) is 5.01 Å². The Bertz CT molecular complexity index is 1190. The summed E-state index contributed by atoms with van der Waals surface area (Å²) < 4.78 is 33.7. The molecule has 0 bridgehead atoms. The summed E-state index contributed by atoms with van der Waals surface area (Å²) >= 11 is 1.61. The van der Waals surface area contributed by atoms with Crippen LogP contribution in [0.2, 0.25) is 0 Å². The Morgan fingerprint density at radius 1 is 1.22 bits per heavy atom. The third kappa shape index (κ3) is 5.16. The predicted molar refractivity (Wildman–Crippen MR) is 125 cm³/mol. The van der Waals surface area contributed by atoms with E-state index in [1.54, 1.807) is 23.5 Å². The van der Waals surface area contributed by atoms with Gasteiger partial charge in [0.15, 0.2) is 0 Å². The Morgan fingerprint density at radius 3 is 2.72 bits per heavy atom. The van der Waals surface area contributed by atoms with Gasteiger partial charge in [-0.2, -0.15) is 4.31 Å². The SMILES string of the molecule is Cc1ccc(S(=O)(=O)N2CCOCC2)cc1NC(=O)CN(C)Cc1nc2ccccc2s1. The molecule has 1 N–H and O–H groups in total. The number of aromatic nitrogens is 1. The lowest BCUT2D eigenvalue weighted by Gasteiger charge is -2.26. The van der Waals surface area contributed by atoms with Crippen molar-refractivity contribution < 1.29 is 17.9 Å². The third-order valence-electron chi connectivity index (χ3n) is 5.25. The summed E-state index contributed by atoms with van der Waals surface area (Å²) in [6.45, 7) is 3.98. The predicted octanol–water partition coefficient (Wildman–Crippen LogP) is 2.70. The molecule has 0 atom stereocenters. The Balaban J connectivity index is 1.41. The van der Waals surface area contributed by atoms with Crippen LogP contribution in [-0.4, -0.2) is 68.4 Å². The molecule has 1 aliphatic rings. The van der Waals surface area contributed by atoms with Crippen LogP contribution in [0.15, 0.2) is 47.4 Å². The molecule has 0 aliphatic carbocycles. The number of sulfonamides is 1. The normalized spacial score (nSPS) is 15.3. The van der Waals surface area contributed by atoms with E-state index >= 15 is 0 Å². The second-order valence-corrected chi connectivity index (χ2v) is 10.8. The van der Waals surface area contributed by atoms with Crippen molar-refractivity contribution in [2.45, 2.75) is 18.4 Å². The van der Waals surface area contributed by atoms with Crippen LogP contribution in [0.3, 0.4) is 0 Å². The van der Waals surface area contributed by atoms with Crippen molar-refractivity contribution in [2.24, 2.45) is 0 Å². The first-order valence-corrected chi connectivity index (χ1v) is 12.6. The van der Waals surface area contributed by atoms with Gasteiger partial charge in [-0.1, -0.05) is 18.2 Å². The minimum atomic E-state index is -3.63. The number of fused-ring (bicyclic) bond motifs is 1. The quantitative estimate of drug-likeness (QED) is 0.566. The number of para-hydroxylation sites is 1. The van der Waals surface area contributed by atoms with Gasteiger partial charge in [0.2, 0.25) is 15.9 Å². The van der Waals surface area contributed by atoms with E-state index in [4.69, 9.17) is 4.74 Å². The molecule has 170 valence electrons. The fourth-order valence-electron chi connectivity index (χ4n) is 3.54. The zero-order valence-electron chi connectivity index (χ0n) is 18.1. The van der Waals surface area contributed by atoms with Crippen molar-refractivity contribution in [3.8, 4) is 0 Å². The third-order valence-corrected chi connectivity index (χ3v) is 8.16. The van der Waals surface area contributed by atoms with Crippen LogP contribution in [0.1, 0.15) is 10.6 Å². The van der Waals surface area contributed by atoms with E-state index in [0.717, 1.165) is 20.8 Å². The van der Waals surface area contributed by atoms with E-state index in [1.165, 1.54) is 10.4 Å². The fraction of sp³-hybridized carbons (Fsp3) is 0.364. The summed E-state index contributed by atoms with van der Waals surface area (Å²) in [6.07, 6.45) is 0. The van der Waals surface area contributed by atoms with Crippen LogP contribution in [0.25, 0.3) is 10.2 Å². The average Bonchev–Trinajstić information content (AvgIpc) is 3.17. The van der Waals surface area contributed by atoms with Crippen molar-refractivity contribution in [1.29, 1.82) is 0 Å². The molecule has 0 saturated carbocycles. The number of aryl methyl sites for hydroxylation is 1. The highest BCUT2D eigenvalue weighted by Gasteiger charge is 2.27. The van der Waals surface area contributed by atoms with E-state index in [9.17, 15) is 13.2 Å². The van der Waals surface area contributed by atoms with Crippen molar-refractivity contribution in [3.05, 3.63) is 53.0 Å². The molecule has 8 nitrogen and oxygen atoms in total. The van der Waals surface area contributed by atoms with Gasteiger partial charge in [0, 0.05) is 18.8 Å².